The molecule has 2 aromatic heterocycles. The molecule has 0 unspecified atom stereocenters. The summed E-state index contributed by atoms with van der Waals surface area (Å²) in [6.45, 7) is 8.43. The van der Waals surface area contributed by atoms with Crippen molar-refractivity contribution in [2.24, 2.45) is 5.41 Å². The number of nitrogens with zero attached hydrogens (tertiary/aromatic N) is 4. The van der Waals surface area contributed by atoms with Gasteiger partial charge in [0, 0.05) is 50.3 Å². The van der Waals surface area contributed by atoms with Gasteiger partial charge in [-0.3, -0.25) is 18.9 Å². The fraction of sp³-hybridized carbons (Fsp3) is 0.571. The topological polar surface area (TPSA) is 57.9 Å². The summed E-state index contributed by atoms with van der Waals surface area (Å²) in [4.78, 5) is 33.7. The Morgan fingerprint density at radius 1 is 1.19 bits per heavy atom. The standard InChI is InChI=1S/C21H28N4O2/c1-3-24-15-21(8-5-19(24)26)7-4-9-23(14-21)13-17-12-20(27)25-10-6-16(2)11-18(25)22-17/h6,10-12H,3-5,7-9,13-15H2,1-2H3/t21-/m1/s1. The van der Waals surface area contributed by atoms with Crippen LogP contribution < -0.4 is 5.56 Å². The number of piperidine rings is 2. The number of rotatable bonds is 3. The van der Waals surface area contributed by atoms with Gasteiger partial charge < -0.3 is 4.90 Å². The summed E-state index contributed by atoms with van der Waals surface area (Å²) >= 11 is 0. The summed E-state index contributed by atoms with van der Waals surface area (Å²) in [5, 5.41) is 0. The van der Waals surface area contributed by atoms with E-state index in [1.807, 2.05) is 24.0 Å². The van der Waals surface area contributed by atoms with E-state index in [2.05, 4.69) is 11.8 Å². The first-order valence-electron chi connectivity index (χ1n) is 9.97. The van der Waals surface area contributed by atoms with Gasteiger partial charge >= 0.3 is 0 Å². The highest BCUT2D eigenvalue weighted by atomic mass is 16.2. The number of carbonyl (C=O) groups is 1. The number of carbonyl (C=O) groups excluding carboxylic acids is 1. The molecule has 0 saturated carbocycles. The van der Waals surface area contributed by atoms with Gasteiger partial charge in [0.2, 0.25) is 5.91 Å². The average molecular weight is 368 g/mol. The molecule has 2 aromatic rings. The second-order valence-electron chi connectivity index (χ2n) is 8.24. The van der Waals surface area contributed by atoms with Gasteiger partial charge in [0.1, 0.15) is 5.65 Å². The summed E-state index contributed by atoms with van der Waals surface area (Å²) in [6, 6.07) is 5.54. The van der Waals surface area contributed by atoms with Crippen LogP contribution in [0.5, 0.6) is 0 Å². The molecule has 6 nitrogen and oxygen atoms in total. The van der Waals surface area contributed by atoms with Crippen LogP contribution in [0.2, 0.25) is 0 Å². The van der Waals surface area contributed by atoms with Crippen LogP contribution in [0, 0.1) is 12.3 Å². The van der Waals surface area contributed by atoms with Crippen LogP contribution in [-0.2, 0) is 11.3 Å². The molecule has 1 amide bonds. The SMILES string of the molecule is CCN1C[C@]2(CCCN(Cc3cc(=O)n4ccc(C)cc4n3)C2)CCC1=O. The predicted octanol–water partition coefficient (Wildman–Crippen LogP) is 2.23. The van der Waals surface area contributed by atoms with Crippen LogP contribution in [0.4, 0.5) is 0 Å². The molecule has 6 heteroatoms. The zero-order valence-electron chi connectivity index (χ0n) is 16.3. The Labute approximate surface area is 159 Å². The quantitative estimate of drug-likeness (QED) is 0.834. The van der Waals surface area contributed by atoms with Gasteiger partial charge in [-0.25, -0.2) is 4.98 Å². The van der Waals surface area contributed by atoms with Gasteiger partial charge in [-0.1, -0.05) is 0 Å². The van der Waals surface area contributed by atoms with E-state index >= 15 is 0 Å². The van der Waals surface area contributed by atoms with E-state index in [4.69, 9.17) is 4.98 Å². The molecule has 0 aromatic carbocycles. The number of likely N-dealkylation sites (tertiary alicyclic amines) is 2. The number of aryl methyl sites for hydroxylation is 1. The lowest BCUT2D eigenvalue weighted by Crippen LogP contribution is -2.53. The van der Waals surface area contributed by atoms with Crippen LogP contribution in [-0.4, -0.2) is 51.3 Å². The molecule has 2 aliphatic heterocycles. The average Bonchev–Trinajstić information content (AvgIpc) is 2.64. The molecule has 27 heavy (non-hydrogen) atoms. The highest BCUT2D eigenvalue weighted by molar-refractivity contribution is 5.77. The normalized spacial score (nSPS) is 24.1. The molecule has 4 heterocycles. The van der Waals surface area contributed by atoms with E-state index in [1.54, 1.807) is 16.7 Å². The molecule has 2 saturated heterocycles. The minimum atomic E-state index is -0.0258. The van der Waals surface area contributed by atoms with Crippen molar-refractivity contribution in [2.75, 3.05) is 26.2 Å². The molecule has 1 spiro atoms. The lowest BCUT2D eigenvalue weighted by Gasteiger charge is -2.48. The maximum atomic E-state index is 12.4. The van der Waals surface area contributed by atoms with Crippen molar-refractivity contribution >= 4 is 11.6 Å². The smallest absolute Gasteiger partial charge is 0.258 e. The molecular weight excluding hydrogens is 340 g/mol. The zero-order chi connectivity index (χ0) is 19.0. The van der Waals surface area contributed by atoms with Crippen molar-refractivity contribution in [3.05, 3.63) is 46.0 Å². The van der Waals surface area contributed by atoms with Crippen LogP contribution in [0.25, 0.3) is 5.65 Å². The van der Waals surface area contributed by atoms with Gasteiger partial charge in [-0.05, 0) is 57.4 Å². The highest BCUT2D eigenvalue weighted by Gasteiger charge is 2.41. The molecule has 0 radical (unpaired) electrons. The van der Waals surface area contributed by atoms with Crippen molar-refractivity contribution in [3.8, 4) is 0 Å². The first-order valence-corrected chi connectivity index (χ1v) is 9.97. The summed E-state index contributed by atoms with van der Waals surface area (Å²) < 4.78 is 1.60. The number of aromatic nitrogens is 2. The molecule has 2 fully saturated rings. The molecule has 2 aliphatic rings. The van der Waals surface area contributed by atoms with E-state index in [-0.39, 0.29) is 11.0 Å². The molecule has 0 aliphatic carbocycles. The maximum Gasteiger partial charge on any atom is 0.258 e. The minimum absolute atomic E-state index is 0.0258. The molecule has 1 atom stereocenters. The Bertz CT molecular complexity index is 922. The monoisotopic (exact) mass is 368 g/mol. The van der Waals surface area contributed by atoms with E-state index in [1.165, 1.54) is 6.42 Å². The Hall–Kier alpha value is -2.21. The Morgan fingerprint density at radius 2 is 2.04 bits per heavy atom. The van der Waals surface area contributed by atoms with Crippen molar-refractivity contribution in [1.82, 2.24) is 19.2 Å². The second kappa shape index (κ2) is 7.08. The third kappa shape index (κ3) is 3.63. The van der Waals surface area contributed by atoms with Crippen molar-refractivity contribution in [2.45, 2.75) is 46.1 Å². The number of fused-ring (bicyclic) bond motifs is 1. The lowest BCUT2D eigenvalue weighted by atomic mass is 9.73. The predicted molar refractivity (Wildman–Crippen MR) is 105 cm³/mol. The van der Waals surface area contributed by atoms with E-state index in [0.29, 0.717) is 24.5 Å². The molecule has 144 valence electrons. The summed E-state index contributed by atoms with van der Waals surface area (Å²) in [5.41, 5.74) is 2.82. The van der Waals surface area contributed by atoms with Crippen LogP contribution in [0.3, 0.4) is 0 Å². The Kier molecular flexibility index (Phi) is 4.76. The minimum Gasteiger partial charge on any atom is -0.342 e. The van der Waals surface area contributed by atoms with Crippen LogP contribution >= 0.6 is 0 Å². The van der Waals surface area contributed by atoms with E-state index in [0.717, 1.165) is 50.3 Å². The second-order valence-corrected chi connectivity index (χ2v) is 8.24. The fourth-order valence-corrected chi connectivity index (χ4v) is 4.73. The van der Waals surface area contributed by atoms with Gasteiger partial charge in [0.05, 0.1) is 5.69 Å². The number of hydrogen-bond acceptors (Lipinski definition) is 4. The molecule has 4 rings (SSSR count). The zero-order valence-corrected chi connectivity index (χ0v) is 16.3. The third-order valence-electron chi connectivity index (χ3n) is 6.13. The van der Waals surface area contributed by atoms with Gasteiger partial charge in [0.25, 0.3) is 5.56 Å². The number of hydrogen-bond donors (Lipinski definition) is 0. The van der Waals surface area contributed by atoms with Gasteiger partial charge in [-0.2, -0.15) is 0 Å². The molecular formula is C21H28N4O2. The third-order valence-corrected chi connectivity index (χ3v) is 6.13. The van der Waals surface area contributed by atoms with Crippen molar-refractivity contribution in [3.63, 3.8) is 0 Å². The van der Waals surface area contributed by atoms with Gasteiger partial charge in [-0.15, -0.1) is 0 Å². The number of amides is 1. The van der Waals surface area contributed by atoms with Crippen LogP contribution in [0.15, 0.2) is 29.2 Å². The number of pyridine rings is 1. The van der Waals surface area contributed by atoms with E-state index < -0.39 is 0 Å². The van der Waals surface area contributed by atoms with E-state index in [9.17, 15) is 9.59 Å². The fourth-order valence-electron chi connectivity index (χ4n) is 4.73. The molecule has 0 N–H and O–H groups in total. The lowest BCUT2D eigenvalue weighted by molar-refractivity contribution is -0.139. The van der Waals surface area contributed by atoms with Crippen LogP contribution in [0.1, 0.15) is 43.9 Å². The highest BCUT2D eigenvalue weighted by Crippen LogP contribution is 2.39. The summed E-state index contributed by atoms with van der Waals surface area (Å²) in [6.07, 6.45) is 5.75. The summed E-state index contributed by atoms with van der Waals surface area (Å²) in [5.74, 6) is 0.292. The van der Waals surface area contributed by atoms with Crippen molar-refractivity contribution in [1.29, 1.82) is 0 Å². The Morgan fingerprint density at radius 3 is 2.85 bits per heavy atom. The molecule has 0 bridgehead atoms. The Balaban J connectivity index is 1.54. The van der Waals surface area contributed by atoms with Crippen molar-refractivity contribution < 1.29 is 4.79 Å². The maximum absolute atomic E-state index is 12.4. The first-order chi connectivity index (χ1) is 13.0. The van der Waals surface area contributed by atoms with Gasteiger partial charge in [0.15, 0.2) is 0 Å². The largest absolute Gasteiger partial charge is 0.342 e. The first kappa shape index (κ1) is 18.2. The summed E-state index contributed by atoms with van der Waals surface area (Å²) in [7, 11) is 0.